The van der Waals surface area contributed by atoms with E-state index in [9.17, 15) is 4.79 Å². The van der Waals surface area contributed by atoms with Gasteiger partial charge in [0, 0.05) is 38.4 Å². The third-order valence-corrected chi connectivity index (χ3v) is 3.35. The molecule has 1 amide bonds. The van der Waals surface area contributed by atoms with Crippen LogP contribution in [0.25, 0.3) is 0 Å². The van der Waals surface area contributed by atoms with Crippen molar-refractivity contribution in [3.8, 4) is 6.07 Å². The first kappa shape index (κ1) is 19.2. The van der Waals surface area contributed by atoms with E-state index in [1.54, 1.807) is 12.1 Å². The zero-order valence-corrected chi connectivity index (χ0v) is 15.8. The summed E-state index contributed by atoms with van der Waals surface area (Å²) in [5, 5.41) is 11.9. The number of hydrogen-bond donors (Lipinski definition) is 1. The Bertz CT molecular complexity index is 509. The normalized spacial score (nSPS) is 10.4. The molecule has 4 nitrogen and oxygen atoms in total. The fourth-order valence-corrected chi connectivity index (χ4v) is 1.90. The van der Waals surface area contributed by atoms with Crippen molar-refractivity contribution >= 4 is 11.6 Å². The zero-order valence-electron chi connectivity index (χ0n) is 12.9. The van der Waals surface area contributed by atoms with Crippen LogP contribution in [-0.2, 0) is 37.5 Å². The zero-order chi connectivity index (χ0) is 14.6. The van der Waals surface area contributed by atoms with Crippen LogP contribution in [0.2, 0.25) is 0 Å². The van der Waals surface area contributed by atoms with Gasteiger partial charge in [0.1, 0.15) is 0 Å². The third-order valence-electron chi connectivity index (χ3n) is 3.35. The quantitative estimate of drug-likeness (QED) is 0.848. The van der Waals surface area contributed by atoms with Crippen molar-refractivity contribution in [1.29, 1.82) is 5.26 Å². The van der Waals surface area contributed by atoms with Crippen LogP contribution < -0.4 is 5.32 Å². The molecule has 0 saturated carbocycles. The number of rotatable bonds is 4. The van der Waals surface area contributed by atoms with Crippen LogP contribution >= 0.6 is 0 Å². The van der Waals surface area contributed by atoms with Gasteiger partial charge in [-0.1, -0.05) is 0 Å². The molecular formula is C15H22N3OY+. The summed E-state index contributed by atoms with van der Waals surface area (Å²) in [6.07, 6.45) is 0. The predicted octanol–water partition coefficient (Wildman–Crippen LogP) is 2.21. The molecule has 1 aromatic rings. The molecule has 5 heteroatoms. The maximum atomic E-state index is 12.1. The molecule has 0 aliphatic rings. The number of amides is 1. The second-order valence-electron chi connectivity index (χ2n) is 5.56. The Morgan fingerprint density at radius 2 is 1.80 bits per heavy atom. The van der Waals surface area contributed by atoms with E-state index in [1.165, 1.54) is 0 Å². The molecule has 0 bridgehead atoms. The van der Waals surface area contributed by atoms with E-state index in [4.69, 9.17) is 5.26 Å². The largest absolute Gasteiger partial charge is 0.321 e. The molecule has 0 aromatic heterocycles. The molecule has 0 spiro atoms. The summed E-state index contributed by atoms with van der Waals surface area (Å²) in [5.74, 6) is 0.00255. The minimum atomic E-state index is 0. The van der Waals surface area contributed by atoms with E-state index >= 15 is 0 Å². The molecule has 1 radical (unpaired) electrons. The number of benzene rings is 1. The number of carbonyl (C=O) groups is 1. The molecule has 0 saturated heterocycles. The Morgan fingerprint density at radius 3 is 2.20 bits per heavy atom. The van der Waals surface area contributed by atoms with Crippen molar-refractivity contribution in [2.24, 2.45) is 0 Å². The van der Waals surface area contributed by atoms with E-state index in [0.717, 1.165) is 23.4 Å². The van der Waals surface area contributed by atoms with Crippen molar-refractivity contribution < 1.29 is 42.0 Å². The summed E-state index contributed by atoms with van der Waals surface area (Å²) in [5.41, 5.74) is 3.29. The number of quaternary nitrogens is 1. The third kappa shape index (κ3) is 5.32. The number of aryl methyl sites for hydroxylation is 2. The first-order valence-electron chi connectivity index (χ1n) is 6.42. The van der Waals surface area contributed by atoms with Crippen molar-refractivity contribution in [2.75, 3.05) is 32.5 Å². The molecule has 1 N–H and O–H groups in total. The number of anilines is 1. The molecule has 1 aromatic carbocycles. The molecule has 0 aliphatic heterocycles. The first-order valence-corrected chi connectivity index (χ1v) is 6.42. The monoisotopic (exact) mass is 349 g/mol. The van der Waals surface area contributed by atoms with Crippen LogP contribution in [0.1, 0.15) is 23.6 Å². The Kier molecular flexibility index (Phi) is 7.58. The van der Waals surface area contributed by atoms with Crippen molar-refractivity contribution in [2.45, 2.75) is 20.8 Å². The van der Waals surface area contributed by atoms with E-state index in [2.05, 4.69) is 18.3 Å². The summed E-state index contributed by atoms with van der Waals surface area (Å²) in [6, 6.07) is 5.71. The van der Waals surface area contributed by atoms with Gasteiger partial charge in [-0.15, -0.1) is 0 Å². The van der Waals surface area contributed by atoms with Gasteiger partial charge in [-0.05, 0) is 44.0 Å². The fraction of sp³-hybridized carbons (Fsp3) is 0.467. The number of hydrogen-bond acceptors (Lipinski definition) is 2. The summed E-state index contributed by atoms with van der Waals surface area (Å²) in [4.78, 5) is 12.1. The van der Waals surface area contributed by atoms with Gasteiger partial charge in [0.2, 0.25) is 0 Å². The molecule has 0 aliphatic carbocycles. The van der Waals surface area contributed by atoms with Gasteiger partial charge in [0.05, 0.1) is 32.3 Å². The Hall–Kier alpha value is -0.756. The van der Waals surface area contributed by atoms with Crippen LogP contribution in [-0.4, -0.2) is 37.6 Å². The first-order chi connectivity index (χ1) is 8.79. The Morgan fingerprint density at radius 1 is 1.30 bits per heavy atom. The molecule has 0 unspecified atom stereocenters. The van der Waals surface area contributed by atoms with Crippen molar-refractivity contribution in [1.82, 2.24) is 0 Å². The number of carbonyl (C=O) groups excluding carboxylic acids is 1. The second-order valence-corrected chi connectivity index (χ2v) is 5.56. The van der Waals surface area contributed by atoms with E-state index < -0.39 is 0 Å². The van der Waals surface area contributed by atoms with Crippen LogP contribution in [0.3, 0.4) is 0 Å². The Balaban J connectivity index is 0.00000361. The molecule has 0 heterocycles. The summed E-state index contributed by atoms with van der Waals surface area (Å²) < 4.78 is 0.653. The van der Waals surface area contributed by atoms with Crippen molar-refractivity contribution in [3.63, 3.8) is 0 Å². The number of nitrogens with zero attached hydrogens (tertiary/aromatic N) is 2. The maximum Gasteiger partial charge on any atom is 0.279 e. The summed E-state index contributed by atoms with van der Waals surface area (Å²) in [6.45, 7) is 7.21. The van der Waals surface area contributed by atoms with E-state index in [-0.39, 0.29) is 38.6 Å². The summed E-state index contributed by atoms with van der Waals surface area (Å²) >= 11 is 0. The number of likely N-dealkylation sites (N-methyl/N-ethyl adjacent to an activating group) is 1. The fourth-order valence-electron chi connectivity index (χ4n) is 1.90. The predicted molar refractivity (Wildman–Crippen MR) is 76.8 cm³/mol. The SMILES string of the molecule is CC[N+](C)(C)CC(=O)Nc1c(C)cc(C#N)cc1C.[Y]. The smallest absolute Gasteiger partial charge is 0.279 e. The molecule has 20 heavy (non-hydrogen) atoms. The molecule has 1 rings (SSSR count). The van der Waals surface area contributed by atoms with Crippen LogP contribution in [0.4, 0.5) is 5.69 Å². The van der Waals surface area contributed by atoms with Gasteiger partial charge in [0.15, 0.2) is 6.54 Å². The van der Waals surface area contributed by atoms with E-state index in [0.29, 0.717) is 16.6 Å². The van der Waals surface area contributed by atoms with Crippen LogP contribution in [0.5, 0.6) is 0 Å². The molecule has 105 valence electrons. The average Bonchev–Trinajstić information content (AvgIpc) is 2.33. The average molecular weight is 349 g/mol. The van der Waals surface area contributed by atoms with E-state index in [1.807, 2.05) is 27.9 Å². The van der Waals surface area contributed by atoms with Crippen LogP contribution in [0, 0.1) is 25.2 Å². The minimum Gasteiger partial charge on any atom is -0.321 e. The van der Waals surface area contributed by atoms with Gasteiger partial charge in [-0.2, -0.15) is 5.26 Å². The summed E-state index contributed by atoms with van der Waals surface area (Å²) in [7, 11) is 4.05. The molecule has 0 fully saturated rings. The van der Waals surface area contributed by atoms with Gasteiger partial charge in [-0.25, -0.2) is 0 Å². The number of nitrogens with one attached hydrogen (secondary N) is 1. The molecular weight excluding hydrogens is 327 g/mol. The topological polar surface area (TPSA) is 52.9 Å². The maximum absolute atomic E-state index is 12.1. The minimum absolute atomic E-state index is 0. The molecule has 0 atom stereocenters. The van der Waals surface area contributed by atoms with Gasteiger partial charge >= 0.3 is 0 Å². The van der Waals surface area contributed by atoms with Crippen molar-refractivity contribution in [3.05, 3.63) is 28.8 Å². The standard InChI is InChI=1S/C15H21N3O.Y/c1-6-18(4,5)10-14(19)17-15-11(2)7-13(9-16)8-12(15)3;/h7-8H,6,10H2,1-5H3;/p+1. The number of nitriles is 1. The van der Waals surface area contributed by atoms with Crippen LogP contribution in [0.15, 0.2) is 12.1 Å². The van der Waals surface area contributed by atoms with Gasteiger partial charge in [-0.3, -0.25) is 4.79 Å². The van der Waals surface area contributed by atoms with Gasteiger partial charge < -0.3 is 9.80 Å². The van der Waals surface area contributed by atoms with Gasteiger partial charge in [0.25, 0.3) is 5.91 Å². The Labute approximate surface area is 146 Å². The second kappa shape index (κ2) is 7.88.